The summed E-state index contributed by atoms with van der Waals surface area (Å²) >= 11 is 0. The summed E-state index contributed by atoms with van der Waals surface area (Å²) in [5.74, 6) is 0.603. The third-order valence-corrected chi connectivity index (χ3v) is 8.32. The summed E-state index contributed by atoms with van der Waals surface area (Å²) in [4.78, 5) is 25.2. The number of methoxy groups -OCH3 is 1. The third-order valence-electron chi connectivity index (χ3n) is 8.32. The number of rotatable bonds is 7. The molecule has 1 amide bonds. The molecule has 1 fully saturated rings. The van der Waals surface area contributed by atoms with E-state index in [0.29, 0.717) is 29.4 Å². The van der Waals surface area contributed by atoms with E-state index in [1.807, 2.05) is 42.5 Å². The number of hydrogen-bond donors (Lipinski definition) is 3. The van der Waals surface area contributed by atoms with Crippen molar-refractivity contribution in [1.82, 2.24) is 25.1 Å². The number of pyridine rings is 2. The standard InChI is InChI=1S/C34H31FN6O2/c1-43-26-13-21(11-24(35)15-26)27-8-5-9-30-28(27)16-31(39-30)33-29-14-23(18-37-34(29)41-40-33)22-12-25(19-36-17-22)38-32(42)10-20-6-3-2-4-7-20/h5,8-9,11-20,39H,2-4,6-7,10H2,1H3,(H,38,42)(H,37,40,41). The van der Waals surface area contributed by atoms with E-state index in [9.17, 15) is 9.18 Å². The SMILES string of the molecule is COc1cc(F)cc(-c2cccc3[nH]c(-c4[nH]nc5ncc(-c6cncc(NC(=O)CC7CCCCC7)c6)cc45)cc23)c1. The van der Waals surface area contributed by atoms with E-state index < -0.39 is 0 Å². The Morgan fingerprint density at radius 2 is 1.84 bits per heavy atom. The van der Waals surface area contributed by atoms with Crippen LogP contribution in [0.15, 0.2) is 73.2 Å². The molecule has 2 aromatic carbocycles. The molecule has 1 aliphatic carbocycles. The van der Waals surface area contributed by atoms with Gasteiger partial charge in [0.2, 0.25) is 5.91 Å². The van der Waals surface area contributed by atoms with E-state index in [-0.39, 0.29) is 11.7 Å². The number of benzene rings is 2. The fraction of sp³-hybridized carbons (Fsp3) is 0.235. The molecule has 216 valence electrons. The number of amides is 1. The summed E-state index contributed by atoms with van der Waals surface area (Å²) in [5.41, 5.74) is 7.08. The molecule has 0 saturated heterocycles. The summed E-state index contributed by atoms with van der Waals surface area (Å²) in [6.07, 6.45) is 11.7. The van der Waals surface area contributed by atoms with Gasteiger partial charge in [-0.1, -0.05) is 31.4 Å². The Kier molecular flexibility index (Phi) is 7.06. The van der Waals surface area contributed by atoms with E-state index in [2.05, 4.69) is 30.5 Å². The Morgan fingerprint density at radius 1 is 0.977 bits per heavy atom. The lowest BCUT2D eigenvalue weighted by molar-refractivity contribution is -0.117. The normalized spacial score (nSPS) is 13.9. The number of hydrogen-bond acceptors (Lipinski definition) is 5. The zero-order valence-electron chi connectivity index (χ0n) is 23.8. The van der Waals surface area contributed by atoms with E-state index in [1.165, 1.54) is 38.5 Å². The Balaban J connectivity index is 1.20. The summed E-state index contributed by atoms with van der Waals surface area (Å²) in [6, 6.07) is 16.6. The van der Waals surface area contributed by atoms with E-state index in [4.69, 9.17) is 4.74 Å². The number of fused-ring (bicyclic) bond motifs is 2. The molecule has 9 heteroatoms. The summed E-state index contributed by atoms with van der Waals surface area (Å²) < 4.78 is 19.6. The minimum Gasteiger partial charge on any atom is -0.497 e. The molecule has 4 aromatic heterocycles. The van der Waals surface area contributed by atoms with Gasteiger partial charge in [0.1, 0.15) is 11.6 Å². The quantitative estimate of drug-likeness (QED) is 0.180. The van der Waals surface area contributed by atoms with Crippen LogP contribution in [0.25, 0.3) is 55.6 Å². The molecule has 43 heavy (non-hydrogen) atoms. The van der Waals surface area contributed by atoms with Gasteiger partial charge in [0.05, 0.1) is 30.4 Å². The van der Waals surface area contributed by atoms with Crippen molar-refractivity contribution in [1.29, 1.82) is 0 Å². The molecule has 0 unspecified atom stereocenters. The van der Waals surface area contributed by atoms with Crippen LogP contribution in [-0.4, -0.2) is 38.2 Å². The predicted octanol–water partition coefficient (Wildman–Crippen LogP) is 7.89. The van der Waals surface area contributed by atoms with Gasteiger partial charge >= 0.3 is 0 Å². The second-order valence-electron chi connectivity index (χ2n) is 11.2. The van der Waals surface area contributed by atoms with Crippen molar-refractivity contribution in [3.05, 3.63) is 79.0 Å². The van der Waals surface area contributed by atoms with Gasteiger partial charge in [-0.15, -0.1) is 0 Å². The number of aromatic nitrogens is 5. The maximum atomic E-state index is 14.3. The molecule has 0 atom stereocenters. The van der Waals surface area contributed by atoms with Crippen molar-refractivity contribution in [2.45, 2.75) is 38.5 Å². The maximum Gasteiger partial charge on any atom is 0.224 e. The fourth-order valence-electron chi connectivity index (χ4n) is 6.17. The topological polar surface area (TPSA) is 109 Å². The first-order valence-electron chi connectivity index (χ1n) is 14.6. The van der Waals surface area contributed by atoms with Crippen LogP contribution in [-0.2, 0) is 4.79 Å². The lowest BCUT2D eigenvalue weighted by atomic mass is 9.87. The van der Waals surface area contributed by atoms with Crippen molar-refractivity contribution >= 4 is 33.5 Å². The molecule has 1 saturated carbocycles. The molecule has 0 bridgehead atoms. The minimum absolute atomic E-state index is 0.0337. The molecule has 3 N–H and O–H groups in total. The molecular weight excluding hydrogens is 543 g/mol. The highest BCUT2D eigenvalue weighted by Gasteiger charge is 2.18. The molecule has 6 aromatic rings. The van der Waals surface area contributed by atoms with Crippen molar-refractivity contribution in [2.75, 3.05) is 12.4 Å². The van der Waals surface area contributed by atoms with Crippen LogP contribution in [0.2, 0.25) is 0 Å². The van der Waals surface area contributed by atoms with Crippen LogP contribution in [0.3, 0.4) is 0 Å². The van der Waals surface area contributed by atoms with Crippen LogP contribution in [0.5, 0.6) is 5.75 Å². The second-order valence-corrected chi connectivity index (χ2v) is 11.2. The van der Waals surface area contributed by atoms with Gasteiger partial charge in [-0.25, -0.2) is 9.37 Å². The number of nitrogens with one attached hydrogen (secondary N) is 3. The molecule has 0 radical (unpaired) electrons. The number of carbonyl (C=O) groups is 1. The molecular formula is C34H31FN6O2. The van der Waals surface area contributed by atoms with Gasteiger partial charge in [0.15, 0.2) is 5.65 Å². The van der Waals surface area contributed by atoms with Crippen LogP contribution in [0.1, 0.15) is 38.5 Å². The fourth-order valence-corrected chi connectivity index (χ4v) is 6.17. The molecule has 8 nitrogen and oxygen atoms in total. The van der Waals surface area contributed by atoms with Gasteiger partial charge in [-0.3, -0.25) is 14.9 Å². The van der Waals surface area contributed by atoms with E-state index in [0.717, 1.165) is 62.8 Å². The average molecular weight is 575 g/mol. The lowest BCUT2D eigenvalue weighted by Gasteiger charge is -2.20. The van der Waals surface area contributed by atoms with Crippen LogP contribution in [0, 0.1) is 11.7 Å². The highest BCUT2D eigenvalue weighted by atomic mass is 19.1. The van der Waals surface area contributed by atoms with Gasteiger partial charge in [-0.2, -0.15) is 5.10 Å². The molecule has 4 heterocycles. The molecule has 1 aliphatic rings. The number of halogens is 1. The number of carbonyl (C=O) groups excluding carboxylic acids is 1. The first kappa shape index (κ1) is 26.8. The summed E-state index contributed by atoms with van der Waals surface area (Å²) in [5, 5.41) is 12.4. The molecule has 0 spiro atoms. The Bertz CT molecular complexity index is 1960. The minimum atomic E-state index is -0.359. The van der Waals surface area contributed by atoms with Gasteiger partial charge in [0, 0.05) is 52.3 Å². The Labute approximate surface area is 247 Å². The summed E-state index contributed by atoms with van der Waals surface area (Å²) in [6.45, 7) is 0. The Morgan fingerprint density at radius 3 is 2.70 bits per heavy atom. The monoisotopic (exact) mass is 574 g/mol. The van der Waals surface area contributed by atoms with Gasteiger partial charge in [-0.05, 0) is 66.3 Å². The van der Waals surface area contributed by atoms with Gasteiger partial charge in [0.25, 0.3) is 0 Å². The Hall–Kier alpha value is -5.05. The molecule has 0 aliphatic heterocycles. The maximum absolute atomic E-state index is 14.3. The van der Waals surface area contributed by atoms with Crippen molar-refractivity contribution in [3.63, 3.8) is 0 Å². The number of nitrogens with zero attached hydrogens (tertiary/aromatic N) is 3. The predicted molar refractivity (Wildman–Crippen MR) is 166 cm³/mol. The van der Waals surface area contributed by atoms with Crippen molar-refractivity contribution < 1.29 is 13.9 Å². The number of anilines is 1. The average Bonchev–Trinajstić information content (AvgIpc) is 3.65. The lowest BCUT2D eigenvalue weighted by Crippen LogP contribution is -2.18. The van der Waals surface area contributed by atoms with Crippen LogP contribution >= 0.6 is 0 Å². The highest BCUT2D eigenvalue weighted by molar-refractivity contribution is 6.01. The van der Waals surface area contributed by atoms with Crippen LogP contribution in [0.4, 0.5) is 10.1 Å². The third kappa shape index (κ3) is 5.46. The summed E-state index contributed by atoms with van der Waals surface area (Å²) in [7, 11) is 1.53. The number of ether oxygens (including phenoxy) is 1. The van der Waals surface area contributed by atoms with Gasteiger partial charge < -0.3 is 15.0 Å². The van der Waals surface area contributed by atoms with Crippen LogP contribution < -0.4 is 10.1 Å². The zero-order chi connectivity index (χ0) is 29.3. The van der Waals surface area contributed by atoms with Crippen molar-refractivity contribution in [2.24, 2.45) is 5.92 Å². The first-order valence-corrected chi connectivity index (χ1v) is 14.6. The first-order chi connectivity index (χ1) is 21.0. The van der Waals surface area contributed by atoms with E-state index >= 15 is 0 Å². The van der Waals surface area contributed by atoms with E-state index in [1.54, 1.807) is 18.6 Å². The largest absolute Gasteiger partial charge is 0.497 e. The number of H-pyrrole nitrogens is 2. The number of aromatic amines is 2. The smallest absolute Gasteiger partial charge is 0.224 e. The van der Waals surface area contributed by atoms with Crippen molar-refractivity contribution in [3.8, 4) is 39.4 Å². The highest BCUT2D eigenvalue weighted by Crippen LogP contribution is 2.36. The molecule has 7 rings (SSSR count). The zero-order valence-corrected chi connectivity index (χ0v) is 23.8. The second kappa shape index (κ2) is 11.3.